The minimum Gasteiger partial charge on any atom is -0.481 e. The summed E-state index contributed by atoms with van der Waals surface area (Å²) >= 11 is 0. The SMILES string of the molecule is O=C(O)C1(CNc2cc([N+](=O)[O-])ccn2)CCOCC1. The second kappa shape index (κ2) is 5.83. The van der Waals surface area contributed by atoms with Crippen LogP contribution in [0.3, 0.4) is 0 Å². The molecular weight excluding hydrogens is 266 g/mol. The molecular formula is C12H15N3O5. The minimum absolute atomic E-state index is 0.0844. The Morgan fingerprint density at radius 2 is 2.25 bits per heavy atom. The van der Waals surface area contributed by atoms with Crippen molar-refractivity contribution < 1.29 is 19.6 Å². The number of carboxylic acid groups (broad SMARTS) is 1. The molecule has 8 heteroatoms. The summed E-state index contributed by atoms with van der Waals surface area (Å²) in [5.74, 6) is -0.593. The molecule has 8 nitrogen and oxygen atoms in total. The van der Waals surface area contributed by atoms with Crippen molar-refractivity contribution >= 4 is 17.5 Å². The number of anilines is 1. The van der Waals surface area contributed by atoms with Gasteiger partial charge in [-0.05, 0) is 12.8 Å². The van der Waals surface area contributed by atoms with Crippen molar-refractivity contribution in [1.82, 2.24) is 4.98 Å². The van der Waals surface area contributed by atoms with Crippen LogP contribution < -0.4 is 5.32 Å². The molecule has 1 aromatic heterocycles. The standard InChI is InChI=1S/C12H15N3O5/c16-11(17)12(2-5-20-6-3-12)8-14-10-7-9(15(18)19)1-4-13-10/h1,4,7H,2-3,5-6,8H2,(H,13,14)(H,16,17). The van der Waals surface area contributed by atoms with Crippen LogP contribution in [0.1, 0.15) is 12.8 Å². The Balaban J connectivity index is 2.08. The Hall–Kier alpha value is -2.22. The molecule has 2 N–H and O–H groups in total. The normalized spacial score (nSPS) is 17.4. The number of nitrogens with zero attached hydrogens (tertiary/aromatic N) is 2. The van der Waals surface area contributed by atoms with Gasteiger partial charge in [-0.3, -0.25) is 14.9 Å². The molecule has 0 bridgehead atoms. The molecule has 1 fully saturated rings. The topological polar surface area (TPSA) is 115 Å². The van der Waals surface area contributed by atoms with Crippen LogP contribution in [0.5, 0.6) is 0 Å². The van der Waals surface area contributed by atoms with Gasteiger partial charge in [-0.2, -0.15) is 0 Å². The zero-order valence-electron chi connectivity index (χ0n) is 10.7. The van der Waals surface area contributed by atoms with Gasteiger partial charge in [0.1, 0.15) is 5.82 Å². The highest BCUT2D eigenvalue weighted by Gasteiger charge is 2.40. The van der Waals surface area contributed by atoms with E-state index in [1.165, 1.54) is 18.3 Å². The van der Waals surface area contributed by atoms with E-state index in [2.05, 4.69) is 10.3 Å². The lowest BCUT2D eigenvalue weighted by Gasteiger charge is -2.33. The highest BCUT2D eigenvalue weighted by atomic mass is 16.6. The molecule has 1 saturated heterocycles. The maximum Gasteiger partial charge on any atom is 0.311 e. The number of nitrogens with one attached hydrogen (secondary N) is 1. The van der Waals surface area contributed by atoms with Gasteiger partial charge >= 0.3 is 5.97 Å². The number of pyridine rings is 1. The van der Waals surface area contributed by atoms with E-state index < -0.39 is 16.3 Å². The van der Waals surface area contributed by atoms with Crippen molar-refractivity contribution in [3.05, 3.63) is 28.4 Å². The first-order valence-corrected chi connectivity index (χ1v) is 6.19. The molecule has 2 heterocycles. The van der Waals surface area contributed by atoms with Crippen molar-refractivity contribution in [3.8, 4) is 0 Å². The maximum atomic E-state index is 11.4. The first-order valence-electron chi connectivity index (χ1n) is 6.19. The molecule has 0 saturated carbocycles. The summed E-state index contributed by atoms with van der Waals surface area (Å²) in [4.78, 5) is 25.6. The zero-order valence-corrected chi connectivity index (χ0v) is 10.7. The molecule has 2 rings (SSSR count). The third-order valence-corrected chi connectivity index (χ3v) is 3.47. The van der Waals surface area contributed by atoms with E-state index in [1.54, 1.807) is 0 Å². The summed E-state index contributed by atoms with van der Waals surface area (Å²) in [6.45, 7) is 0.965. The third-order valence-electron chi connectivity index (χ3n) is 3.47. The molecule has 0 amide bonds. The average Bonchev–Trinajstić information content (AvgIpc) is 2.46. The Bertz CT molecular complexity index is 514. The summed E-state index contributed by atoms with van der Waals surface area (Å²) in [7, 11) is 0. The fraction of sp³-hybridized carbons (Fsp3) is 0.500. The zero-order chi connectivity index (χ0) is 14.6. The summed E-state index contributed by atoms with van der Waals surface area (Å²) in [6.07, 6.45) is 2.13. The lowest BCUT2D eigenvalue weighted by Crippen LogP contribution is -2.42. The van der Waals surface area contributed by atoms with E-state index in [-0.39, 0.29) is 12.2 Å². The summed E-state index contributed by atoms with van der Waals surface area (Å²) < 4.78 is 5.18. The number of rotatable bonds is 5. The Labute approximate surface area is 114 Å². The fourth-order valence-electron chi connectivity index (χ4n) is 2.12. The van der Waals surface area contributed by atoms with Crippen LogP contribution in [0.2, 0.25) is 0 Å². The van der Waals surface area contributed by atoms with Crippen LogP contribution in [0.15, 0.2) is 18.3 Å². The second-order valence-corrected chi connectivity index (χ2v) is 4.71. The number of aliphatic carboxylic acids is 1. The Morgan fingerprint density at radius 3 is 2.85 bits per heavy atom. The van der Waals surface area contributed by atoms with Crippen LogP contribution in [-0.4, -0.2) is 40.7 Å². The lowest BCUT2D eigenvalue weighted by molar-refractivity contribution is -0.384. The fourth-order valence-corrected chi connectivity index (χ4v) is 2.12. The number of nitro groups is 1. The van der Waals surface area contributed by atoms with Crippen molar-refractivity contribution in [2.24, 2.45) is 5.41 Å². The van der Waals surface area contributed by atoms with Crippen LogP contribution in [0.25, 0.3) is 0 Å². The number of hydrogen-bond donors (Lipinski definition) is 2. The molecule has 108 valence electrons. The van der Waals surface area contributed by atoms with Gasteiger partial charge in [-0.1, -0.05) is 0 Å². The van der Waals surface area contributed by atoms with Crippen molar-refractivity contribution in [1.29, 1.82) is 0 Å². The van der Waals surface area contributed by atoms with Crippen LogP contribution in [0, 0.1) is 15.5 Å². The minimum atomic E-state index is -0.912. The Kier molecular flexibility index (Phi) is 4.14. The molecule has 0 atom stereocenters. The maximum absolute atomic E-state index is 11.4. The van der Waals surface area contributed by atoms with Gasteiger partial charge in [0.25, 0.3) is 5.69 Å². The molecule has 1 aliphatic rings. The van der Waals surface area contributed by atoms with Crippen molar-refractivity contribution in [2.45, 2.75) is 12.8 Å². The van der Waals surface area contributed by atoms with Gasteiger partial charge in [0.2, 0.25) is 0 Å². The summed E-state index contributed by atoms with van der Waals surface area (Å²) in [5, 5.41) is 22.9. The first-order chi connectivity index (χ1) is 9.53. The van der Waals surface area contributed by atoms with E-state index in [9.17, 15) is 20.0 Å². The number of aromatic nitrogens is 1. The van der Waals surface area contributed by atoms with Gasteiger partial charge < -0.3 is 15.2 Å². The quantitative estimate of drug-likeness (QED) is 0.617. The van der Waals surface area contributed by atoms with E-state index in [1.807, 2.05) is 0 Å². The van der Waals surface area contributed by atoms with Crippen molar-refractivity contribution in [2.75, 3.05) is 25.1 Å². The van der Waals surface area contributed by atoms with E-state index in [0.29, 0.717) is 31.9 Å². The van der Waals surface area contributed by atoms with Gasteiger partial charge in [0.15, 0.2) is 0 Å². The molecule has 0 unspecified atom stereocenters. The molecule has 0 aromatic carbocycles. The number of carbonyl (C=O) groups is 1. The smallest absolute Gasteiger partial charge is 0.311 e. The van der Waals surface area contributed by atoms with E-state index in [0.717, 1.165) is 0 Å². The second-order valence-electron chi connectivity index (χ2n) is 4.71. The molecule has 20 heavy (non-hydrogen) atoms. The highest BCUT2D eigenvalue weighted by molar-refractivity contribution is 5.75. The predicted octanol–water partition coefficient (Wildman–Crippen LogP) is 1.28. The molecule has 1 aromatic rings. The molecule has 0 radical (unpaired) electrons. The molecule has 1 aliphatic heterocycles. The molecule has 0 spiro atoms. The number of hydrogen-bond acceptors (Lipinski definition) is 6. The lowest BCUT2D eigenvalue weighted by atomic mass is 9.80. The first kappa shape index (κ1) is 14.2. The van der Waals surface area contributed by atoms with Gasteiger partial charge in [0.05, 0.1) is 16.4 Å². The number of ether oxygens (including phenoxy) is 1. The van der Waals surface area contributed by atoms with Gasteiger partial charge in [-0.25, -0.2) is 4.98 Å². The van der Waals surface area contributed by atoms with Gasteiger partial charge in [0, 0.05) is 32.0 Å². The molecule has 0 aliphatic carbocycles. The van der Waals surface area contributed by atoms with Gasteiger partial charge in [-0.15, -0.1) is 0 Å². The average molecular weight is 281 g/mol. The predicted molar refractivity (Wildman–Crippen MR) is 69.5 cm³/mol. The Morgan fingerprint density at radius 1 is 1.55 bits per heavy atom. The van der Waals surface area contributed by atoms with E-state index >= 15 is 0 Å². The summed E-state index contributed by atoms with van der Waals surface area (Å²) in [6, 6.07) is 2.57. The van der Waals surface area contributed by atoms with Crippen LogP contribution in [0.4, 0.5) is 11.5 Å². The van der Waals surface area contributed by atoms with E-state index in [4.69, 9.17) is 4.74 Å². The highest BCUT2D eigenvalue weighted by Crippen LogP contribution is 2.31. The summed E-state index contributed by atoms with van der Waals surface area (Å²) in [5.41, 5.74) is -0.997. The monoisotopic (exact) mass is 281 g/mol. The third kappa shape index (κ3) is 3.02. The van der Waals surface area contributed by atoms with Crippen LogP contribution >= 0.6 is 0 Å². The largest absolute Gasteiger partial charge is 0.481 e. The van der Waals surface area contributed by atoms with Crippen LogP contribution in [-0.2, 0) is 9.53 Å². The number of carboxylic acids is 1. The van der Waals surface area contributed by atoms with Crippen molar-refractivity contribution in [3.63, 3.8) is 0 Å².